The van der Waals surface area contributed by atoms with Gasteiger partial charge in [0.05, 0.1) is 17.1 Å². The lowest BCUT2D eigenvalue weighted by Crippen LogP contribution is -2.18. The summed E-state index contributed by atoms with van der Waals surface area (Å²) in [7, 11) is 0. The second-order valence-corrected chi connectivity index (χ2v) is 7.04. The number of halogens is 3. The van der Waals surface area contributed by atoms with Crippen LogP contribution in [-0.4, -0.2) is 29.8 Å². The molecule has 0 radical (unpaired) electrons. The summed E-state index contributed by atoms with van der Waals surface area (Å²) in [6.07, 6.45) is -4.11. The summed E-state index contributed by atoms with van der Waals surface area (Å²) in [5.41, 5.74) is 2.74. The maximum atomic E-state index is 13.2. The molecular formula is C21H16F3N7. The van der Waals surface area contributed by atoms with Gasteiger partial charge in [-0.25, -0.2) is 4.98 Å². The molecule has 10 heteroatoms. The molecule has 5 rings (SSSR count). The zero-order chi connectivity index (χ0) is 21.4. The first-order valence-electron chi connectivity index (χ1n) is 9.52. The van der Waals surface area contributed by atoms with Crippen molar-refractivity contribution in [3.63, 3.8) is 0 Å². The molecule has 5 aromatic rings. The fraction of sp³-hybridized carbons (Fsp3) is 0.143. The summed E-state index contributed by atoms with van der Waals surface area (Å²) in [5, 5.41) is 14.1. The van der Waals surface area contributed by atoms with Crippen LogP contribution in [0.1, 0.15) is 23.3 Å². The number of aromatic nitrogens is 6. The number of hydrogen-bond donors (Lipinski definition) is 2. The molecule has 0 amide bonds. The normalized spacial score (nSPS) is 13.0. The zero-order valence-electron chi connectivity index (χ0n) is 16.0. The van der Waals surface area contributed by atoms with Crippen molar-refractivity contribution in [3.8, 4) is 0 Å². The molecule has 1 atom stereocenters. The highest BCUT2D eigenvalue weighted by Gasteiger charge is 2.37. The van der Waals surface area contributed by atoms with Crippen LogP contribution in [0.15, 0.2) is 66.7 Å². The lowest BCUT2D eigenvalue weighted by atomic mass is 10.1. The number of alkyl halides is 3. The molecular weight excluding hydrogens is 407 g/mol. The Morgan fingerprint density at radius 1 is 0.935 bits per heavy atom. The minimum atomic E-state index is -4.66. The molecule has 0 aliphatic heterocycles. The van der Waals surface area contributed by atoms with Crippen LogP contribution in [0, 0.1) is 0 Å². The molecule has 0 spiro atoms. The SMILES string of the molecule is FC(F)(F)c1nnc2ccc(NC(Cc3ccccc3)c3nc4ccccc4[nH]3)nn12. The van der Waals surface area contributed by atoms with Crippen molar-refractivity contribution in [3.05, 3.63) is 83.9 Å². The van der Waals surface area contributed by atoms with E-state index in [9.17, 15) is 13.2 Å². The predicted molar refractivity (Wildman–Crippen MR) is 108 cm³/mol. The predicted octanol–water partition coefficient (Wildman–Crippen LogP) is 4.42. The molecule has 0 aliphatic carbocycles. The molecule has 31 heavy (non-hydrogen) atoms. The van der Waals surface area contributed by atoms with Crippen LogP contribution in [0.4, 0.5) is 19.0 Å². The van der Waals surface area contributed by atoms with Crippen molar-refractivity contribution in [1.29, 1.82) is 0 Å². The molecule has 2 aromatic carbocycles. The number of hydrogen-bond acceptors (Lipinski definition) is 5. The summed E-state index contributed by atoms with van der Waals surface area (Å²) in [5.74, 6) is -0.263. The number of nitrogens with zero attached hydrogens (tertiary/aromatic N) is 5. The average Bonchev–Trinajstić information content (AvgIpc) is 3.38. The number of fused-ring (bicyclic) bond motifs is 2. The second kappa shape index (κ2) is 7.38. The number of rotatable bonds is 5. The van der Waals surface area contributed by atoms with E-state index in [1.54, 1.807) is 6.07 Å². The zero-order valence-corrected chi connectivity index (χ0v) is 16.0. The van der Waals surface area contributed by atoms with E-state index in [4.69, 9.17) is 0 Å². The van der Waals surface area contributed by atoms with Gasteiger partial charge in [-0.15, -0.1) is 15.3 Å². The first-order valence-corrected chi connectivity index (χ1v) is 9.52. The third kappa shape index (κ3) is 3.79. The van der Waals surface area contributed by atoms with Gasteiger partial charge in [-0.2, -0.15) is 17.7 Å². The van der Waals surface area contributed by atoms with Crippen molar-refractivity contribution in [2.24, 2.45) is 0 Å². The molecule has 7 nitrogen and oxygen atoms in total. The lowest BCUT2D eigenvalue weighted by molar-refractivity contribution is -0.146. The molecule has 0 bridgehead atoms. The number of H-pyrrole nitrogens is 1. The summed E-state index contributed by atoms with van der Waals surface area (Å²) in [6.45, 7) is 0. The van der Waals surface area contributed by atoms with Crippen molar-refractivity contribution < 1.29 is 13.2 Å². The fourth-order valence-corrected chi connectivity index (χ4v) is 3.42. The number of para-hydroxylation sites is 2. The van der Waals surface area contributed by atoms with Gasteiger partial charge >= 0.3 is 6.18 Å². The Kier molecular flexibility index (Phi) is 4.54. The van der Waals surface area contributed by atoms with Crippen LogP contribution in [0.5, 0.6) is 0 Å². The van der Waals surface area contributed by atoms with Gasteiger partial charge in [0, 0.05) is 0 Å². The third-order valence-electron chi connectivity index (χ3n) is 4.86. The number of benzene rings is 2. The van der Waals surface area contributed by atoms with Gasteiger partial charge in [0.15, 0.2) is 5.65 Å². The summed E-state index contributed by atoms with van der Waals surface area (Å²) < 4.78 is 40.3. The van der Waals surface area contributed by atoms with Gasteiger partial charge < -0.3 is 10.3 Å². The maximum absolute atomic E-state index is 13.2. The molecule has 1 unspecified atom stereocenters. The minimum Gasteiger partial charge on any atom is -0.358 e. The Morgan fingerprint density at radius 3 is 2.48 bits per heavy atom. The Labute approximate surface area is 174 Å². The van der Waals surface area contributed by atoms with E-state index in [1.165, 1.54) is 6.07 Å². The van der Waals surface area contributed by atoms with Gasteiger partial charge in [-0.05, 0) is 36.2 Å². The quantitative estimate of drug-likeness (QED) is 0.437. The number of imidazole rings is 1. The Morgan fingerprint density at radius 2 is 1.71 bits per heavy atom. The van der Waals surface area contributed by atoms with E-state index in [-0.39, 0.29) is 17.5 Å². The van der Waals surface area contributed by atoms with Crippen molar-refractivity contribution in [2.75, 3.05) is 5.32 Å². The van der Waals surface area contributed by atoms with Crippen LogP contribution in [-0.2, 0) is 12.6 Å². The van der Waals surface area contributed by atoms with Gasteiger partial charge in [0.1, 0.15) is 11.6 Å². The van der Waals surface area contributed by atoms with E-state index < -0.39 is 12.0 Å². The van der Waals surface area contributed by atoms with Crippen molar-refractivity contribution >= 4 is 22.5 Å². The largest absolute Gasteiger partial charge is 0.453 e. The number of aromatic amines is 1. The molecule has 0 fully saturated rings. The second-order valence-electron chi connectivity index (χ2n) is 7.04. The smallest absolute Gasteiger partial charge is 0.358 e. The monoisotopic (exact) mass is 423 g/mol. The minimum absolute atomic E-state index is 0.0150. The molecule has 3 heterocycles. The van der Waals surface area contributed by atoms with Gasteiger partial charge in [-0.3, -0.25) is 0 Å². The summed E-state index contributed by atoms with van der Waals surface area (Å²) >= 11 is 0. The van der Waals surface area contributed by atoms with Crippen LogP contribution in [0.25, 0.3) is 16.7 Å². The standard InChI is InChI=1S/C21H16F3N7/c22-21(23,24)20-29-28-18-11-10-17(30-31(18)20)25-16(12-13-6-2-1-3-7-13)19-26-14-8-4-5-9-15(14)27-19/h1-11,16H,12H2,(H,25,30)(H,26,27). The highest BCUT2D eigenvalue weighted by Crippen LogP contribution is 2.28. The Hall–Kier alpha value is -3.95. The topological polar surface area (TPSA) is 83.8 Å². The highest BCUT2D eigenvalue weighted by molar-refractivity contribution is 5.75. The first-order chi connectivity index (χ1) is 15.0. The Balaban J connectivity index is 1.53. The van der Waals surface area contributed by atoms with E-state index in [2.05, 4.69) is 30.6 Å². The molecule has 2 N–H and O–H groups in total. The maximum Gasteiger partial charge on any atom is 0.453 e. The van der Waals surface area contributed by atoms with Crippen LogP contribution < -0.4 is 5.32 Å². The van der Waals surface area contributed by atoms with Gasteiger partial charge in [-0.1, -0.05) is 42.5 Å². The molecule has 3 aromatic heterocycles. The van der Waals surface area contributed by atoms with E-state index in [0.717, 1.165) is 16.6 Å². The average molecular weight is 423 g/mol. The third-order valence-corrected chi connectivity index (χ3v) is 4.86. The highest BCUT2D eigenvalue weighted by atomic mass is 19.4. The van der Waals surface area contributed by atoms with Crippen LogP contribution in [0.3, 0.4) is 0 Å². The van der Waals surface area contributed by atoms with Gasteiger partial charge in [0.2, 0.25) is 0 Å². The van der Waals surface area contributed by atoms with Crippen molar-refractivity contribution in [1.82, 2.24) is 29.8 Å². The van der Waals surface area contributed by atoms with Crippen LogP contribution in [0.2, 0.25) is 0 Å². The summed E-state index contributed by atoms with van der Waals surface area (Å²) in [6, 6.07) is 20.0. The summed E-state index contributed by atoms with van der Waals surface area (Å²) in [4.78, 5) is 7.95. The fourth-order valence-electron chi connectivity index (χ4n) is 3.42. The molecule has 0 aliphatic rings. The van der Waals surface area contributed by atoms with Gasteiger partial charge in [0.25, 0.3) is 5.82 Å². The van der Waals surface area contributed by atoms with E-state index >= 15 is 0 Å². The molecule has 0 saturated heterocycles. The van der Waals surface area contributed by atoms with E-state index in [1.807, 2.05) is 54.6 Å². The van der Waals surface area contributed by atoms with Crippen molar-refractivity contribution in [2.45, 2.75) is 18.6 Å². The Bertz CT molecular complexity index is 1310. The number of anilines is 1. The molecule has 156 valence electrons. The van der Waals surface area contributed by atoms with E-state index in [0.29, 0.717) is 16.8 Å². The number of nitrogens with one attached hydrogen (secondary N) is 2. The lowest BCUT2D eigenvalue weighted by Gasteiger charge is -2.17. The van der Waals surface area contributed by atoms with Crippen LogP contribution >= 0.6 is 0 Å². The first kappa shape index (κ1) is 19.0. The molecule has 0 saturated carbocycles.